The number of nitrogens with zero attached hydrogens (tertiary/aromatic N) is 2. The predicted octanol–water partition coefficient (Wildman–Crippen LogP) is 3.98. The molecule has 0 bridgehead atoms. The second-order valence-electron chi connectivity index (χ2n) is 6.86. The number of halogens is 4. The van der Waals surface area contributed by atoms with Gasteiger partial charge in [0.15, 0.2) is 0 Å². The van der Waals surface area contributed by atoms with Crippen LogP contribution in [0.15, 0.2) is 36.5 Å². The molecule has 6 nitrogen and oxygen atoms in total. The third-order valence-corrected chi connectivity index (χ3v) is 4.77. The molecule has 158 valence electrons. The molecule has 2 atom stereocenters. The number of hydrogen-bond acceptors (Lipinski definition) is 4. The Kier molecular flexibility index (Phi) is 7.10. The lowest BCUT2D eigenvalue weighted by Crippen LogP contribution is -2.35. The van der Waals surface area contributed by atoms with Gasteiger partial charge >= 0.3 is 6.36 Å². The number of benzene rings is 1. The summed E-state index contributed by atoms with van der Waals surface area (Å²) in [5.74, 6) is 0.933. The van der Waals surface area contributed by atoms with Crippen LogP contribution in [0.3, 0.4) is 0 Å². The summed E-state index contributed by atoms with van der Waals surface area (Å²) in [6, 6.07) is 8.08. The normalized spacial score (nSPS) is 19.3. The summed E-state index contributed by atoms with van der Waals surface area (Å²) in [7, 11) is 0. The van der Waals surface area contributed by atoms with Gasteiger partial charge in [-0.25, -0.2) is 9.97 Å². The average molecular weight is 431 g/mol. The molecule has 0 spiro atoms. The van der Waals surface area contributed by atoms with Crippen molar-refractivity contribution in [1.82, 2.24) is 20.3 Å². The van der Waals surface area contributed by atoms with Crippen molar-refractivity contribution in [2.45, 2.75) is 38.1 Å². The minimum atomic E-state index is -4.69. The standard InChI is InChI=1S/C19H19F3N4O.ClH.H2O/c1-11-8-13(6-7-23-11)18-24-10-17-16(26-18)9-15(25-17)12-2-4-14(5-3-12)27-19(20,21)22;;/h2-5,9-11,13,23,25H,6-8H2,1H3;1H;1H2. The second-order valence-corrected chi connectivity index (χ2v) is 6.86. The Balaban J connectivity index is 0.00000150. The van der Waals surface area contributed by atoms with Crippen LogP contribution < -0.4 is 10.1 Å². The minimum Gasteiger partial charge on any atom is -0.412 e. The molecule has 1 aliphatic rings. The smallest absolute Gasteiger partial charge is 0.412 e. The topological polar surface area (TPSA) is 94.3 Å². The molecule has 1 fully saturated rings. The number of fused-ring (bicyclic) bond motifs is 1. The van der Waals surface area contributed by atoms with Crippen LogP contribution in [-0.2, 0) is 0 Å². The lowest BCUT2D eigenvalue weighted by Gasteiger charge is -2.26. The maximum absolute atomic E-state index is 12.3. The van der Waals surface area contributed by atoms with Crippen LogP contribution in [-0.4, -0.2) is 39.4 Å². The van der Waals surface area contributed by atoms with Crippen molar-refractivity contribution in [3.63, 3.8) is 0 Å². The average Bonchev–Trinajstić information content (AvgIpc) is 3.04. The van der Waals surface area contributed by atoms with E-state index in [9.17, 15) is 13.2 Å². The van der Waals surface area contributed by atoms with Gasteiger partial charge in [0.25, 0.3) is 0 Å². The van der Waals surface area contributed by atoms with Crippen molar-refractivity contribution in [2.24, 2.45) is 0 Å². The van der Waals surface area contributed by atoms with E-state index in [1.165, 1.54) is 12.1 Å². The lowest BCUT2D eigenvalue weighted by atomic mass is 9.92. The van der Waals surface area contributed by atoms with Crippen molar-refractivity contribution in [1.29, 1.82) is 0 Å². The van der Waals surface area contributed by atoms with Gasteiger partial charge in [-0.15, -0.1) is 25.6 Å². The molecule has 10 heteroatoms. The Bertz CT molecular complexity index is 947. The third-order valence-electron chi connectivity index (χ3n) is 4.77. The van der Waals surface area contributed by atoms with E-state index in [1.807, 2.05) is 6.07 Å². The van der Waals surface area contributed by atoms with Crippen molar-refractivity contribution >= 4 is 23.4 Å². The molecule has 29 heavy (non-hydrogen) atoms. The molecule has 1 aromatic carbocycles. The summed E-state index contributed by atoms with van der Waals surface area (Å²) in [5, 5.41) is 3.42. The Morgan fingerprint density at radius 1 is 1.17 bits per heavy atom. The molecule has 2 aromatic heterocycles. The highest BCUT2D eigenvalue weighted by atomic mass is 35.5. The first-order chi connectivity index (χ1) is 12.9. The summed E-state index contributed by atoms with van der Waals surface area (Å²) in [4.78, 5) is 12.4. The number of rotatable bonds is 3. The van der Waals surface area contributed by atoms with Gasteiger partial charge in [-0.05, 0) is 62.2 Å². The Morgan fingerprint density at radius 2 is 1.90 bits per heavy atom. The molecule has 1 saturated heterocycles. The van der Waals surface area contributed by atoms with Gasteiger partial charge in [-0.2, -0.15) is 0 Å². The highest BCUT2D eigenvalue weighted by Crippen LogP contribution is 2.29. The minimum absolute atomic E-state index is 0. The van der Waals surface area contributed by atoms with Crippen molar-refractivity contribution in [3.8, 4) is 17.0 Å². The SMILES string of the molecule is CC1CC(c2ncc3[nH]c(-c4ccc(OC(F)(F)F)cc4)cc3n2)CCN1.Cl.O. The number of aromatic amines is 1. The van der Waals surface area contributed by atoms with Crippen molar-refractivity contribution in [3.05, 3.63) is 42.4 Å². The van der Waals surface area contributed by atoms with Crippen LogP contribution in [0.1, 0.15) is 31.5 Å². The van der Waals surface area contributed by atoms with Gasteiger partial charge in [0.2, 0.25) is 0 Å². The zero-order valence-corrected chi connectivity index (χ0v) is 16.4. The number of aromatic nitrogens is 3. The Hall–Kier alpha value is -2.36. The fourth-order valence-electron chi connectivity index (χ4n) is 3.49. The molecular formula is C19H22ClF3N4O2. The van der Waals surface area contributed by atoms with Crippen LogP contribution in [0.5, 0.6) is 5.75 Å². The van der Waals surface area contributed by atoms with E-state index in [4.69, 9.17) is 4.98 Å². The first-order valence-corrected chi connectivity index (χ1v) is 8.82. The van der Waals surface area contributed by atoms with E-state index in [0.717, 1.165) is 47.5 Å². The molecule has 4 N–H and O–H groups in total. The fourth-order valence-corrected chi connectivity index (χ4v) is 3.49. The van der Waals surface area contributed by atoms with E-state index >= 15 is 0 Å². The predicted molar refractivity (Wildman–Crippen MR) is 106 cm³/mol. The van der Waals surface area contributed by atoms with Crippen molar-refractivity contribution in [2.75, 3.05) is 6.54 Å². The van der Waals surface area contributed by atoms with Crippen molar-refractivity contribution < 1.29 is 23.4 Å². The molecule has 2 unspecified atom stereocenters. The zero-order valence-electron chi connectivity index (χ0n) is 15.6. The van der Waals surface area contributed by atoms with Crippen LogP contribution in [0.2, 0.25) is 0 Å². The van der Waals surface area contributed by atoms with Crippen LogP contribution >= 0.6 is 12.4 Å². The van der Waals surface area contributed by atoms with E-state index in [0.29, 0.717) is 12.0 Å². The number of alkyl halides is 3. The van der Waals surface area contributed by atoms with Gasteiger partial charge in [-0.1, -0.05) is 0 Å². The van der Waals surface area contributed by atoms with Gasteiger partial charge in [0.1, 0.15) is 11.6 Å². The van der Waals surface area contributed by atoms with E-state index in [1.54, 1.807) is 18.3 Å². The van der Waals surface area contributed by atoms with Gasteiger partial charge < -0.3 is 20.5 Å². The van der Waals surface area contributed by atoms with E-state index in [-0.39, 0.29) is 23.6 Å². The van der Waals surface area contributed by atoms with Crippen LogP contribution in [0.4, 0.5) is 13.2 Å². The molecule has 4 rings (SSSR count). The summed E-state index contributed by atoms with van der Waals surface area (Å²) >= 11 is 0. The highest BCUT2D eigenvalue weighted by molar-refractivity contribution is 5.85. The number of piperidine rings is 1. The molecular weight excluding hydrogens is 409 g/mol. The summed E-state index contributed by atoms with van der Waals surface area (Å²) < 4.78 is 40.7. The largest absolute Gasteiger partial charge is 0.573 e. The summed E-state index contributed by atoms with van der Waals surface area (Å²) in [5.41, 5.74) is 3.12. The number of H-pyrrole nitrogens is 1. The summed E-state index contributed by atoms with van der Waals surface area (Å²) in [6.07, 6.45) is -0.910. The number of ether oxygens (including phenoxy) is 1. The first kappa shape index (κ1) is 22.9. The molecule has 1 aliphatic heterocycles. The van der Waals surface area contributed by atoms with Crippen LogP contribution in [0, 0.1) is 0 Å². The third kappa shape index (κ3) is 5.37. The second kappa shape index (κ2) is 8.98. The Labute approximate surface area is 171 Å². The van der Waals surface area contributed by atoms with E-state index in [2.05, 4.69) is 26.9 Å². The molecule has 3 aromatic rings. The summed E-state index contributed by atoms with van der Waals surface area (Å²) in [6.45, 7) is 3.11. The van der Waals surface area contributed by atoms with Gasteiger partial charge in [0.05, 0.1) is 17.2 Å². The first-order valence-electron chi connectivity index (χ1n) is 8.82. The molecule has 3 heterocycles. The maximum Gasteiger partial charge on any atom is 0.573 e. The number of nitrogens with one attached hydrogen (secondary N) is 2. The zero-order chi connectivity index (χ0) is 19.0. The maximum atomic E-state index is 12.3. The van der Waals surface area contributed by atoms with Gasteiger partial charge in [-0.3, -0.25) is 0 Å². The van der Waals surface area contributed by atoms with E-state index < -0.39 is 6.36 Å². The molecule has 0 saturated carbocycles. The molecule has 0 amide bonds. The quantitative estimate of drug-likeness (QED) is 0.657. The molecule has 0 aliphatic carbocycles. The monoisotopic (exact) mass is 430 g/mol. The lowest BCUT2D eigenvalue weighted by molar-refractivity contribution is -0.274. The highest BCUT2D eigenvalue weighted by Gasteiger charge is 2.31. The fraction of sp³-hybridized carbons (Fsp3) is 0.368. The molecule has 0 radical (unpaired) electrons. The Morgan fingerprint density at radius 3 is 2.55 bits per heavy atom. The van der Waals surface area contributed by atoms with Gasteiger partial charge in [0, 0.05) is 17.7 Å². The van der Waals surface area contributed by atoms with Crippen LogP contribution in [0.25, 0.3) is 22.3 Å². The number of hydrogen-bond donors (Lipinski definition) is 2.